The van der Waals surface area contributed by atoms with Gasteiger partial charge in [-0.3, -0.25) is 9.72 Å². The van der Waals surface area contributed by atoms with Crippen LogP contribution in [0.2, 0.25) is 0 Å². The highest BCUT2D eigenvalue weighted by Crippen LogP contribution is 2.35. The zero-order valence-corrected chi connectivity index (χ0v) is 14.2. The number of hydrogen-bond donors (Lipinski definition) is 1. The van der Waals surface area contributed by atoms with Crippen molar-refractivity contribution in [1.29, 1.82) is 0 Å². The van der Waals surface area contributed by atoms with E-state index in [0.717, 1.165) is 5.56 Å². The smallest absolute Gasteiger partial charge is 0.299 e. The Morgan fingerprint density at radius 1 is 1.07 bits per heavy atom. The Morgan fingerprint density at radius 2 is 1.78 bits per heavy atom. The molecule has 0 radical (unpaired) electrons. The predicted octanol–water partition coefficient (Wildman–Crippen LogP) is 4.51. The molecule has 0 spiro atoms. The van der Waals surface area contributed by atoms with E-state index in [0.29, 0.717) is 16.9 Å². The summed E-state index contributed by atoms with van der Waals surface area (Å²) < 4.78 is 55.3. The first-order valence-corrected chi connectivity index (χ1v) is 8.41. The van der Waals surface area contributed by atoms with Crippen LogP contribution in [0.25, 0.3) is 22.5 Å². The Hall–Kier alpha value is -2.80. The van der Waals surface area contributed by atoms with E-state index in [-0.39, 0.29) is 23.9 Å². The lowest BCUT2D eigenvalue weighted by Crippen LogP contribution is -2.47. The molecule has 0 aliphatic carbocycles. The van der Waals surface area contributed by atoms with Gasteiger partial charge in [-0.2, -0.15) is 13.2 Å². The number of pyridine rings is 1. The average molecular weight is 374 g/mol. The van der Waals surface area contributed by atoms with Crippen molar-refractivity contribution in [2.75, 3.05) is 6.54 Å². The fraction of sp³-hybridized carbons (Fsp3) is 0.200. The van der Waals surface area contributed by atoms with E-state index < -0.39 is 12.2 Å². The van der Waals surface area contributed by atoms with Crippen LogP contribution in [-0.4, -0.2) is 28.1 Å². The molecule has 0 bridgehead atoms. The van der Waals surface area contributed by atoms with Crippen LogP contribution in [0, 0.1) is 18.7 Å². The monoisotopic (exact) mass is 374 g/mol. The van der Waals surface area contributed by atoms with E-state index in [1.165, 1.54) is 12.1 Å². The molecule has 0 fully saturated rings. The Bertz CT molecular complexity index is 1000. The molecule has 0 amide bonds. The molecule has 0 saturated heterocycles. The Kier molecular flexibility index (Phi) is 4.19. The van der Waals surface area contributed by atoms with Crippen molar-refractivity contribution >= 4 is 11.2 Å². The number of fused-ring (bicyclic) bond motifs is 1. The number of aromatic nitrogens is 2. The van der Waals surface area contributed by atoms with E-state index in [1.807, 2.05) is 0 Å². The highest BCUT2D eigenvalue weighted by atomic mass is 19.4. The summed E-state index contributed by atoms with van der Waals surface area (Å²) in [6, 6.07) is 7.43. The number of rotatable bonds is 2. The first kappa shape index (κ1) is 17.6. The van der Waals surface area contributed by atoms with Crippen LogP contribution in [0.3, 0.4) is 0 Å². The zero-order chi connectivity index (χ0) is 19.2. The third-order valence-corrected chi connectivity index (χ3v) is 4.62. The second-order valence-corrected chi connectivity index (χ2v) is 6.56. The molecule has 138 valence electrons. The van der Waals surface area contributed by atoms with E-state index in [4.69, 9.17) is 0 Å². The highest BCUT2D eigenvalue weighted by Gasteiger charge is 2.44. The minimum Gasteiger partial charge on any atom is -0.299 e. The van der Waals surface area contributed by atoms with Gasteiger partial charge < -0.3 is 0 Å². The van der Waals surface area contributed by atoms with Gasteiger partial charge in [0.05, 0.1) is 18.8 Å². The number of imidazole rings is 1. The molecule has 27 heavy (non-hydrogen) atoms. The zero-order valence-electron chi connectivity index (χ0n) is 14.2. The third kappa shape index (κ3) is 3.30. The second-order valence-electron chi connectivity index (χ2n) is 6.56. The van der Waals surface area contributed by atoms with Gasteiger partial charge in [0.25, 0.3) is 0 Å². The van der Waals surface area contributed by atoms with Crippen molar-refractivity contribution in [3.63, 3.8) is 0 Å². The van der Waals surface area contributed by atoms with Crippen molar-refractivity contribution in [2.24, 2.45) is 5.92 Å². The Balaban J connectivity index is 1.83. The third-order valence-electron chi connectivity index (χ3n) is 4.62. The maximum Gasteiger partial charge on any atom is 0.407 e. The molecule has 2 aromatic heterocycles. The van der Waals surface area contributed by atoms with Gasteiger partial charge in [-0.25, -0.2) is 9.37 Å². The summed E-state index contributed by atoms with van der Waals surface area (Å²) in [6.07, 6.45) is 0.399. The molecule has 3 nitrogen and oxygen atoms in total. The van der Waals surface area contributed by atoms with Crippen LogP contribution in [0.1, 0.15) is 5.56 Å². The number of benzene rings is 1. The Morgan fingerprint density at radius 3 is 2.48 bits per heavy atom. The SMILES string of the molecule is [CH2+]C1C=C(c2ccc3ncc(-c4ccc(F)cc4)n3c2)C(C(F)(F)F)NC1. The summed E-state index contributed by atoms with van der Waals surface area (Å²) in [6.45, 7) is 4.02. The molecule has 2 atom stereocenters. The summed E-state index contributed by atoms with van der Waals surface area (Å²) in [7, 11) is 0. The second kappa shape index (κ2) is 6.42. The fourth-order valence-corrected chi connectivity index (χ4v) is 3.33. The van der Waals surface area contributed by atoms with E-state index >= 15 is 0 Å². The first-order valence-electron chi connectivity index (χ1n) is 8.41. The predicted molar refractivity (Wildman–Crippen MR) is 95.3 cm³/mol. The number of hydrogen-bond acceptors (Lipinski definition) is 2. The lowest BCUT2D eigenvalue weighted by Gasteiger charge is -2.28. The van der Waals surface area contributed by atoms with Crippen molar-refractivity contribution in [3.8, 4) is 11.3 Å². The number of alkyl halides is 3. The van der Waals surface area contributed by atoms with Gasteiger partial charge in [-0.15, -0.1) is 0 Å². The van der Waals surface area contributed by atoms with Crippen LogP contribution in [-0.2, 0) is 0 Å². The largest absolute Gasteiger partial charge is 0.407 e. The summed E-state index contributed by atoms with van der Waals surface area (Å²) in [5.74, 6) is -0.616. The summed E-state index contributed by atoms with van der Waals surface area (Å²) in [5, 5.41) is 2.53. The maximum atomic E-state index is 13.5. The van der Waals surface area contributed by atoms with Crippen molar-refractivity contribution in [2.45, 2.75) is 12.2 Å². The molecule has 1 aliphatic heterocycles. The molecular weight excluding hydrogens is 358 g/mol. The van der Waals surface area contributed by atoms with Gasteiger partial charge in [-0.05, 0) is 53.6 Å². The number of halogens is 4. The van der Waals surface area contributed by atoms with Crippen LogP contribution in [0.5, 0.6) is 0 Å². The van der Waals surface area contributed by atoms with Gasteiger partial charge in [0, 0.05) is 18.3 Å². The molecule has 3 heterocycles. The summed E-state index contributed by atoms with van der Waals surface area (Å²) in [5.41, 5.74) is 2.57. The van der Waals surface area contributed by atoms with E-state index in [2.05, 4.69) is 17.2 Å². The quantitative estimate of drug-likeness (QED) is 0.528. The fourth-order valence-electron chi connectivity index (χ4n) is 3.33. The van der Waals surface area contributed by atoms with Crippen LogP contribution >= 0.6 is 0 Å². The van der Waals surface area contributed by atoms with Gasteiger partial charge in [0.1, 0.15) is 23.4 Å². The summed E-state index contributed by atoms with van der Waals surface area (Å²) >= 11 is 0. The molecule has 1 N–H and O–H groups in total. The normalized spacial score (nSPS) is 20.7. The minimum absolute atomic E-state index is 0.148. The molecule has 7 heteroatoms. The summed E-state index contributed by atoms with van der Waals surface area (Å²) in [4.78, 5) is 4.29. The first-order chi connectivity index (χ1) is 12.8. The van der Waals surface area contributed by atoms with E-state index in [9.17, 15) is 17.6 Å². The van der Waals surface area contributed by atoms with E-state index in [1.54, 1.807) is 47.1 Å². The molecule has 3 aromatic rings. The van der Waals surface area contributed by atoms with Crippen molar-refractivity contribution in [1.82, 2.24) is 14.7 Å². The molecular formula is C20H16F4N3+. The lowest BCUT2D eigenvalue weighted by molar-refractivity contribution is -0.142. The number of nitrogens with zero attached hydrogens (tertiary/aromatic N) is 2. The highest BCUT2D eigenvalue weighted by molar-refractivity contribution is 5.73. The lowest BCUT2D eigenvalue weighted by atomic mass is 9.91. The van der Waals surface area contributed by atoms with Crippen molar-refractivity contribution in [3.05, 3.63) is 73.2 Å². The molecule has 0 saturated carbocycles. The Labute approximate surface area is 153 Å². The number of nitrogens with one attached hydrogen (secondary N) is 1. The van der Waals surface area contributed by atoms with Crippen molar-refractivity contribution < 1.29 is 17.6 Å². The van der Waals surface area contributed by atoms with Gasteiger partial charge in [0.2, 0.25) is 0 Å². The molecule has 2 unspecified atom stereocenters. The molecule has 1 aliphatic rings. The van der Waals surface area contributed by atoms with Crippen LogP contribution in [0.4, 0.5) is 17.6 Å². The van der Waals surface area contributed by atoms with Gasteiger partial charge in [-0.1, -0.05) is 0 Å². The van der Waals surface area contributed by atoms with Gasteiger partial charge >= 0.3 is 6.18 Å². The molecule has 4 rings (SSSR count). The van der Waals surface area contributed by atoms with Crippen LogP contribution < -0.4 is 5.32 Å². The minimum atomic E-state index is -4.41. The molecule has 1 aromatic carbocycles. The van der Waals surface area contributed by atoms with Crippen LogP contribution in [0.15, 0.2) is 54.9 Å². The maximum absolute atomic E-state index is 13.5. The van der Waals surface area contributed by atoms with Gasteiger partial charge in [0.15, 0.2) is 0 Å². The standard InChI is InChI=1S/C20H16F4N3/c1-12-8-16(19(26-9-12)20(22,23)24)14-4-7-18-25-10-17(27(18)11-14)13-2-5-15(21)6-3-13/h2-8,10-12,19,26H,1,9H2/q+1. The topological polar surface area (TPSA) is 29.3 Å². The average Bonchev–Trinajstić information content (AvgIpc) is 3.04.